The molecule has 0 aliphatic carbocycles. The van der Waals surface area contributed by atoms with Crippen molar-refractivity contribution in [1.82, 2.24) is 40.3 Å². The van der Waals surface area contributed by atoms with Gasteiger partial charge in [0.05, 0.1) is 16.4 Å². The van der Waals surface area contributed by atoms with Gasteiger partial charge >= 0.3 is 6.18 Å². The van der Waals surface area contributed by atoms with Gasteiger partial charge in [-0.25, -0.2) is 9.67 Å². The number of hydrogen-bond donors (Lipinski definition) is 2. The van der Waals surface area contributed by atoms with E-state index in [1.54, 1.807) is 38.2 Å². The number of nitrogens with zero attached hydrogens (tertiary/aromatic N) is 7. The van der Waals surface area contributed by atoms with E-state index in [0.717, 1.165) is 0 Å². The van der Waals surface area contributed by atoms with E-state index in [2.05, 4.69) is 36.1 Å². The Morgan fingerprint density at radius 2 is 1.95 bits per heavy atom. The molecule has 3 aromatic heterocycles. The molecule has 2 N–H and O–H groups in total. The van der Waals surface area contributed by atoms with Crippen molar-refractivity contribution in [3.05, 3.63) is 74.9 Å². The van der Waals surface area contributed by atoms with E-state index in [1.165, 1.54) is 16.9 Å². The van der Waals surface area contributed by atoms with Crippen LogP contribution in [0.15, 0.2) is 36.5 Å². The predicted octanol–water partition coefficient (Wildman–Crippen LogP) is 4.08. The highest BCUT2D eigenvalue weighted by atomic mass is 35.5. The molecule has 37 heavy (non-hydrogen) atoms. The number of amides is 1. The Morgan fingerprint density at radius 3 is 2.59 bits per heavy atom. The van der Waals surface area contributed by atoms with Gasteiger partial charge in [-0.3, -0.25) is 4.79 Å². The fourth-order valence-corrected chi connectivity index (χ4v) is 3.97. The third-order valence-electron chi connectivity index (χ3n) is 4.95. The number of carbonyl (C=O) groups is 1. The van der Waals surface area contributed by atoms with Gasteiger partial charge in [-0.05, 0) is 48.0 Å². The number of tetrazole rings is 1. The second kappa shape index (κ2) is 10.4. The molecular weight excluding hydrogens is 554 g/mol. The molecule has 0 bridgehead atoms. The zero-order chi connectivity index (χ0) is 26.9. The molecule has 1 aromatic carbocycles. The highest BCUT2D eigenvalue weighted by molar-refractivity contribution is 7.80. The van der Waals surface area contributed by atoms with Crippen LogP contribution in [-0.2, 0) is 12.7 Å². The van der Waals surface area contributed by atoms with Crippen LogP contribution in [0.5, 0.6) is 0 Å². The van der Waals surface area contributed by atoms with Gasteiger partial charge in [0.1, 0.15) is 17.2 Å². The normalized spacial score (nSPS) is 11.4. The van der Waals surface area contributed by atoms with Crippen LogP contribution in [0.3, 0.4) is 0 Å². The van der Waals surface area contributed by atoms with Crippen LogP contribution in [0.4, 0.5) is 18.9 Å². The lowest BCUT2D eigenvalue weighted by molar-refractivity contribution is -0.145. The van der Waals surface area contributed by atoms with Crippen LogP contribution in [-0.4, -0.2) is 52.9 Å². The van der Waals surface area contributed by atoms with Crippen LogP contribution >= 0.6 is 35.4 Å². The minimum atomic E-state index is -4.76. The maximum atomic E-state index is 13.5. The van der Waals surface area contributed by atoms with Gasteiger partial charge in [-0.15, -0.1) is 10.2 Å². The number of thiocarbonyl (C=S) groups is 1. The monoisotopic (exact) mass is 569 g/mol. The zero-order valence-electron chi connectivity index (χ0n) is 19.0. The number of pyridine rings is 1. The summed E-state index contributed by atoms with van der Waals surface area (Å²) >= 11 is 17.8. The maximum Gasteiger partial charge on any atom is 0.455 e. The summed E-state index contributed by atoms with van der Waals surface area (Å²) in [4.78, 5) is 18.7. The average molecular weight is 570 g/mol. The van der Waals surface area contributed by atoms with Crippen molar-refractivity contribution in [2.75, 3.05) is 12.4 Å². The Balaban J connectivity index is 1.75. The summed E-state index contributed by atoms with van der Waals surface area (Å²) in [5.41, 5.74) is 1.67. The Bertz CT molecular complexity index is 1500. The smallest absolute Gasteiger partial charge is 0.379 e. The van der Waals surface area contributed by atoms with E-state index in [1.807, 2.05) is 0 Å². The standard InChI is InChI=1S/C21H16Cl2F3N9OS/c1-10-6-11(22)7-13(19(37)27-2)16(10)29-18(36)15-8-12(9-34-32-20(30-33-34)21(24,25)26)31-35(15)17-14(23)4-3-5-28-17/h3-8H,9H2,1-2H3,(H,27,37)(H,29,36). The van der Waals surface area contributed by atoms with Crippen molar-refractivity contribution in [1.29, 1.82) is 0 Å². The molecule has 4 rings (SSSR count). The second-order valence-corrected chi connectivity index (χ2v) is 8.81. The minimum absolute atomic E-state index is 0.0116. The average Bonchev–Trinajstić information content (AvgIpc) is 3.48. The molecule has 0 unspecified atom stereocenters. The fraction of sp³-hybridized carbons (Fsp3) is 0.190. The lowest BCUT2D eigenvalue weighted by Crippen LogP contribution is -2.23. The molecule has 0 aliphatic rings. The molecule has 0 fully saturated rings. The van der Waals surface area contributed by atoms with Crippen LogP contribution in [0.1, 0.15) is 33.1 Å². The third-order valence-corrected chi connectivity index (χ3v) is 5.89. The van der Waals surface area contributed by atoms with Crippen LogP contribution in [0, 0.1) is 6.92 Å². The summed E-state index contributed by atoms with van der Waals surface area (Å²) in [6.45, 7) is 1.44. The number of anilines is 1. The summed E-state index contributed by atoms with van der Waals surface area (Å²) in [7, 11) is 1.64. The van der Waals surface area contributed by atoms with Crippen molar-refractivity contribution in [2.45, 2.75) is 19.6 Å². The molecule has 3 heterocycles. The first kappa shape index (κ1) is 26.4. The van der Waals surface area contributed by atoms with Crippen LogP contribution < -0.4 is 10.6 Å². The quantitative estimate of drug-likeness (QED) is 0.334. The molecule has 1 amide bonds. The number of benzene rings is 1. The van der Waals surface area contributed by atoms with Gasteiger partial charge in [0.25, 0.3) is 11.7 Å². The van der Waals surface area contributed by atoms with Crippen molar-refractivity contribution in [3.63, 3.8) is 0 Å². The number of halogens is 5. The van der Waals surface area contributed by atoms with E-state index in [9.17, 15) is 18.0 Å². The number of aromatic nitrogens is 7. The molecule has 0 atom stereocenters. The Kier molecular flexibility index (Phi) is 7.43. The molecule has 4 aromatic rings. The highest BCUT2D eigenvalue weighted by Crippen LogP contribution is 2.28. The van der Waals surface area contributed by atoms with E-state index in [-0.39, 0.29) is 28.8 Å². The number of nitrogens with one attached hydrogen (secondary N) is 2. The van der Waals surface area contributed by atoms with Crippen LogP contribution in [0.2, 0.25) is 10.0 Å². The van der Waals surface area contributed by atoms with Gasteiger partial charge in [0.2, 0.25) is 0 Å². The Hall–Kier alpha value is -3.62. The molecule has 0 spiro atoms. The second-order valence-electron chi connectivity index (χ2n) is 7.56. The summed E-state index contributed by atoms with van der Waals surface area (Å²) in [5, 5.41) is 20.3. The molecule has 10 nitrogen and oxygen atoms in total. The lowest BCUT2D eigenvalue weighted by atomic mass is 10.1. The molecule has 192 valence electrons. The Morgan fingerprint density at radius 1 is 1.19 bits per heavy atom. The first-order valence-electron chi connectivity index (χ1n) is 10.4. The topological polar surface area (TPSA) is 115 Å². The van der Waals surface area contributed by atoms with Gasteiger partial charge in [-0.2, -0.15) is 23.1 Å². The number of hydrogen-bond acceptors (Lipinski definition) is 7. The molecule has 0 radical (unpaired) electrons. The predicted molar refractivity (Wildman–Crippen MR) is 133 cm³/mol. The Labute approximate surface area is 222 Å². The van der Waals surface area contributed by atoms with E-state index in [0.29, 0.717) is 31.6 Å². The first-order chi connectivity index (χ1) is 17.5. The SMILES string of the molecule is CNC(=S)c1cc(Cl)cc(C)c1NC(=O)c1cc(Cn2nnc(C(F)(F)F)n2)nn1-c1ncccc1Cl. The summed E-state index contributed by atoms with van der Waals surface area (Å²) in [6, 6.07) is 7.77. The van der Waals surface area contributed by atoms with Gasteiger partial charge in [0, 0.05) is 23.8 Å². The summed E-state index contributed by atoms with van der Waals surface area (Å²) in [6.07, 6.45) is -3.31. The van der Waals surface area contributed by atoms with Crippen LogP contribution in [0.25, 0.3) is 5.82 Å². The summed E-state index contributed by atoms with van der Waals surface area (Å²) in [5.74, 6) is -1.89. The number of carbonyl (C=O) groups excluding carboxylic acids is 1. The highest BCUT2D eigenvalue weighted by Gasteiger charge is 2.37. The largest absolute Gasteiger partial charge is 0.455 e. The molecule has 0 aliphatic heterocycles. The van der Waals surface area contributed by atoms with Crippen molar-refractivity contribution in [2.24, 2.45) is 0 Å². The number of rotatable bonds is 6. The van der Waals surface area contributed by atoms with Crippen molar-refractivity contribution in [3.8, 4) is 5.82 Å². The van der Waals surface area contributed by atoms with Gasteiger partial charge in [0.15, 0.2) is 5.82 Å². The number of aryl methyl sites for hydroxylation is 1. The van der Waals surface area contributed by atoms with E-state index >= 15 is 0 Å². The molecular formula is C21H16Cl2F3N9OS. The van der Waals surface area contributed by atoms with Crippen molar-refractivity contribution >= 4 is 52.0 Å². The lowest BCUT2D eigenvalue weighted by Gasteiger charge is -2.16. The number of alkyl halides is 3. The maximum absolute atomic E-state index is 13.5. The molecule has 0 saturated heterocycles. The summed E-state index contributed by atoms with van der Waals surface area (Å²) < 4.78 is 39.8. The minimum Gasteiger partial charge on any atom is -0.379 e. The molecule has 0 saturated carbocycles. The first-order valence-corrected chi connectivity index (χ1v) is 11.5. The van der Waals surface area contributed by atoms with E-state index in [4.69, 9.17) is 35.4 Å². The fourth-order valence-electron chi connectivity index (χ4n) is 3.33. The zero-order valence-corrected chi connectivity index (χ0v) is 21.3. The van der Waals surface area contributed by atoms with Gasteiger partial charge < -0.3 is 10.6 Å². The van der Waals surface area contributed by atoms with E-state index < -0.39 is 17.9 Å². The van der Waals surface area contributed by atoms with Gasteiger partial charge in [-0.1, -0.05) is 35.4 Å². The van der Waals surface area contributed by atoms with Crippen molar-refractivity contribution < 1.29 is 18.0 Å². The molecule has 16 heteroatoms. The third kappa shape index (κ3) is 5.70.